The lowest BCUT2D eigenvalue weighted by atomic mass is 10.1. The third-order valence-corrected chi connectivity index (χ3v) is 4.89. The number of methoxy groups -OCH3 is 3. The van der Waals surface area contributed by atoms with Crippen molar-refractivity contribution in [3.05, 3.63) is 74.2 Å². The number of benzene rings is 2. The number of nitrogens with one attached hydrogen (secondary N) is 1. The number of fused-ring (bicyclic) bond motifs is 2. The Bertz CT molecular complexity index is 1320. The molecule has 0 bridgehead atoms. The summed E-state index contributed by atoms with van der Waals surface area (Å²) in [7, 11) is 4.61. The predicted octanol–water partition coefficient (Wildman–Crippen LogP) is 1.98. The molecule has 154 valence electrons. The van der Waals surface area contributed by atoms with E-state index in [1.807, 2.05) is 24.3 Å². The molecule has 0 saturated heterocycles. The average Bonchev–Trinajstić information content (AvgIpc) is 3.14. The highest BCUT2D eigenvalue weighted by Gasteiger charge is 2.16. The maximum atomic E-state index is 13.1. The topological polar surface area (TPSA) is 108 Å². The van der Waals surface area contributed by atoms with Gasteiger partial charge < -0.3 is 19.2 Å². The molecule has 30 heavy (non-hydrogen) atoms. The SMILES string of the molecule is COc1ccc(Cn2nnc3c(=O)c4ccc(C(OC)OC)cc4[nH]c(=O)c32)cc1. The van der Waals surface area contributed by atoms with Crippen LogP contribution < -0.4 is 15.7 Å². The van der Waals surface area contributed by atoms with Crippen LogP contribution in [0.15, 0.2) is 52.1 Å². The van der Waals surface area contributed by atoms with Crippen LogP contribution in [-0.4, -0.2) is 41.3 Å². The summed E-state index contributed by atoms with van der Waals surface area (Å²) in [6.07, 6.45) is -0.614. The van der Waals surface area contributed by atoms with Gasteiger partial charge in [0.2, 0.25) is 5.43 Å². The second kappa shape index (κ2) is 8.05. The highest BCUT2D eigenvalue weighted by atomic mass is 16.7. The monoisotopic (exact) mass is 408 g/mol. The molecule has 0 radical (unpaired) electrons. The molecular formula is C21H20N4O5. The fraction of sp³-hybridized carbons (Fsp3) is 0.238. The van der Waals surface area contributed by atoms with Crippen molar-refractivity contribution in [2.45, 2.75) is 12.8 Å². The van der Waals surface area contributed by atoms with Crippen LogP contribution in [0.1, 0.15) is 17.4 Å². The molecule has 0 unspecified atom stereocenters. The normalized spacial score (nSPS) is 11.5. The minimum absolute atomic E-state index is 0.0162. The van der Waals surface area contributed by atoms with Gasteiger partial charge in [-0.05, 0) is 29.8 Å². The summed E-state index contributed by atoms with van der Waals surface area (Å²) < 4.78 is 17.1. The third kappa shape index (κ3) is 3.44. The van der Waals surface area contributed by atoms with E-state index in [1.165, 1.54) is 18.9 Å². The Morgan fingerprint density at radius 1 is 1.03 bits per heavy atom. The molecule has 0 aliphatic rings. The van der Waals surface area contributed by atoms with Crippen molar-refractivity contribution in [2.24, 2.45) is 0 Å². The molecule has 1 N–H and O–H groups in total. The van der Waals surface area contributed by atoms with Crippen LogP contribution >= 0.6 is 0 Å². The molecule has 0 aliphatic carbocycles. The van der Waals surface area contributed by atoms with Gasteiger partial charge in [0.15, 0.2) is 17.3 Å². The largest absolute Gasteiger partial charge is 0.497 e. The summed E-state index contributed by atoms with van der Waals surface area (Å²) in [5, 5.41) is 8.36. The second-order valence-corrected chi connectivity index (χ2v) is 6.68. The lowest BCUT2D eigenvalue weighted by molar-refractivity contribution is -0.105. The molecule has 9 nitrogen and oxygen atoms in total. The summed E-state index contributed by atoms with van der Waals surface area (Å²) in [6.45, 7) is 0.282. The Morgan fingerprint density at radius 2 is 1.77 bits per heavy atom. The molecule has 0 fully saturated rings. The number of hydrogen-bond donors (Lipinski definition) is 1. The molecule has 0 amide bonds. The van der Waals surface area contributed by atoms with Crippen molar-refractivity contribution < 1.29 is 14.2 Å². The summed E-state index contributed by atoms with van der Waals surface area (Å²) >= 11 is 0. The van der Waals surface area contributed by atoms with Crippen molar-refractivity contribution in [1.29, 1.82) is 0 Å². The molecule has 9 heteroatoms. The number of ether oxygens (including phenoxy) is 3. The maximum absolute atomic E-state index is 13.1. The lowest BCUT2D eigenvalue weighted by Crippen LogP contribution is -2.11. The second-order valence-electron chi connectivity index (χ2n) is 6.68. The van der Waals surface area contributed by atoms with E-state index < -0.39 is 11.8 Å². The van der Waals surface area contributed by atoms with Gasteiger partial charge in [0.1, 0.15) is 5.75 Å². The van der Waals surface area contributed by atoms with Crippen LogP contribution in [0.3, 0.4) is 0 Å². The molecule has 2 aromatic carbocycles. The van der Waals surface area contributed by atoms with Crippen LogP contribution in [0.25, 0.3) is 21.9 Å². The zero-order valence-corrected chi connectivity index (χ0v) is 16.7. The highest BCUT2D eigenvalue weighted by molar-refractivity contribution is 5.87. The molecule has 0 aliphatic heterocycles. The Hall–Kier alpha value is -3.56. The molecule has 4 rings (SSSR count). The minimum Gasteiger partial charge on any atom is -0.497 e. The fourth-order valence-corrected chi connectivity index (χ4v) is 3.39. The van der Waals surface area contributed by atoms with E-state index >= 15 is 0 Å². The zero-order chi connectivity index (χ0) is 21.3. The van der Waals surface area contributed by atoms with Gasteiger partial charge in [-0.2, -0.15) is 0 Å². The quantitative estimate of drug-likeness (QED) is 0.486. The van der Waals surface area contributed by atoms with Gasteiger partial charge in [0.05, 0.1) is 19.2 Å². The fourth-order valence-electron chi connectivity index (χ4n) is 3.39. The van der Waals surface area contributed by atoms with Gasteiger partial charge in [-0.15, -0.1) is 5.10 Å². The van der Waals surface area contributed by atoms with Crippen molar-refractivity contribution in [1.82, 2.24) is 20.0 Å². The standard InChI is InChI=1S/C21H20N4O5/c1-28-14-7-4-12(5-8-14)11-25-18-17(23-24-25)19(26)15-9-6-13(21(29-2)30-3)10-16(15)22-20(18)27/h4-10,21H,11H2,1-3H3,(H,22,27). The maximum Gasteiger partial charge on any atom is 0.276 e. The van der Waals surface area contributed by atoms with Crippen LogP contribution in [-0.2, 0) is 16.0 Å². The molecule has 0 saturated carbocycles. The summed E-state index contributed by atoms with van der Waals surface area (Å²) in [5.74, 6) is 0.723. The van der Waals surface area contributed by atoms with Crippen LogP contribution in [0, 0.1) is 0 Å². The number of aromatic nitrogens is 4. The number of H-pyrrole nitrogens is 1. The van der Waals surface area contributed by atoms with Gasteiger partial charge >= 0.3 is 0 Å². The Balaban J connectivity index is 1.88. The van der Waals surface area contributed by atoms with Crippen molar-refractivity contribution in [2.75, 3.05) is 21.3 Å². The van der Waals surface area contributed by atoms with Gasteiger partial charge in [-0.1, -0.05) is 23.4 Å². The first kappa shape index (κ1) is 19.7. The van der Waals surface area contributed by atoms with Gasteiger partial charge in [-0.25, -0.2) is 4.68 Å². The van der Waals surface area contributed by atoms with Gasteiger partial charge in [-0.3, -0.25) is 9.59 Å². The minimum atomic E-state index is -0.614. The molecule has 0 spiro atoms. The van der Waals surface area contributed by atoms with E-state index in [0.717, 1.165) is 11.3 Å². The van der Waals surface area contributed by atoms with Crippen molar-refractivity contribution >= 4 is 21.9 Å². The number of nitrogens with zero attached hydrogens (tertiary/aromatic N) is 3. The van der Waals surface area contributed by atoms with E-state index in [9.17, 15) is 9.59 Å². The van der Waals surface area contributed by atoms with E-state index in [2.05, 4.69) is 15.3 Å². The molecular weight excluding hydrogens is 388 g/mol. The molecule has 0 atom stereocenters. The average molecular weight is 408 g/mol. The van der Waals surface area contributed by atoms with Gasteiger partial charge in [0, 0.05) is 25.2 Å². The third-order valence-electron chi connectivity index (χ3n) is 4.89. The summed E-state index contributed by atoms with van der Waals surface area (Å²) in [5.41, 5.74) is 1.22. The van der Waals surface area contributed by atoms with Crippen LogP contribution in [0.4, 0.5) is 0 Å². The summed E-state index contributed by atoms with van der Waals surface area (Å²) in [4.78, 5) is 28.8. The molecule has 2 aromatic heterocycles. The van der Waals surface area contributed by atoms with Crippen LogP contribution in [0.2, 0.25) is 0 Å². The zero-order valence-electron chi connectivity index (χ0n) is 16.7. The lowest BCUT2D eigenvalue weighted by Gasteiger charge is -2.13. The van der Waals surface area contributed by atoms with E-state index in [4.69, 9.17) is 14.2 Å². The number of aromatic amines is 1. The first-order chi connectivity index (χ1) is 14.5. The summed E-state index contributed by atoms with van der Waals surface area (Å²) in [6, 6.07) is 12.4. The predicted molar refractivity (Wildman–Crippen MR) is 111 cm³/mol. The van der Waals surface area contributed by atoms with E-state index in [0.29, 0.717) is 16.5 Å². The Morgan fingerprint density at radius 3 is 2.43 bits per heavy atom. The Kier molecular flexibility index (Phi) is 5.30. The first-order valence-electron chi connectivity index (χ1n) is 9.17. The Labute approximate surface area is 170 Å². The van der Waals surface area contributed by atoms with Gasteiger partial charge in [0.25, 0.3) is 5.56 Å². The highest BCUT2D eigenvalue weighted by Crippen LogP contribution is 2.20. The number of rotatable bonds is 6. The van der Waals surface area contributed by atoms with Crippen molar-refractivity contribution in [3.8, 4) is 5.75 Å². The first-order valence-corrected chi connectivity index (χ1v) is 9.17. The molecule has 2 heterocycles. The van der Waals surface area contributed by atoms with Crippen molar-refractivity contribution in [3.63, 3.8) is 0 Å². The van der Waals surface area contributed by atoms with E-state index in [-0.39, 0.29) is 23.0 Å². The smallest absolute Gasteiger partial charge is 0.276 e. The van der Waals surface area contributed by atoms with Crippen LogP contribution in [0.5, 0.6) is 5.75 Å². The molecule has 4 aromatic rings. The number of hydrogen-bond acceptors (Lipinski definition) is 7. The van der Waals surface area contributed by atoms with E-state index in [1.54, 1.807) is 25.3 Å².